The predicted octanol–water partition coefficient (Wildman–Crippen LogP) is 2.08. The molecule has 0 aromatic heterocycles. The lowest BCUT2D eigenvalue weighted by Crippen LogP contribution is -2.58. The zero-order valence-corrected chi connectivity index (χ0v) is 20.8. The van der Waals surface area contributed by atoms with Crippen LogP contribution in [0.3, 0.4) is 0 Å². The van der Waals surface area contributed by atoms with Crippen LogP contribution in [0.4, 0.5) is 0 Å². The van der Waals surface area contributed by atoms with E-state index < -0.39 is 41.6 Å². The molecule has 0 bridgehead atoms. The molecule has 1 aromatic carbocycles. The first kappa shape index (κ1) is 24.7. The lowest BCUT2D eigenvalue weighted by atomic mass is 9.77. The fraction of sp³-hybridized carbons (Fsp3) is 0.536. The molecule has 4 heterocycles. The van der Waals surface area contributed by atoms with Crippen LogP contribution in [0.5, 0.6) is 0 Å². The van der Waals surface area contributed by atoms with Crippen LogP contribution in [0, 0.1) is 17.8 Å². The van der Waals surface area contributed by atoms with Crippen molar-refractivity contribution in [3.8, 4) is 0 Å². The minimum atomic E-state index is -1.31. The van der Waals surface area contributed by atoms with Gasteiger partial charge in [0.25, 0.3) is 0 Å². The summed E-state index contributed by atoms with van der Waals surface area (Å²) in [6.07, 6.45) is 7.85. The fourth-order valence-corrected chi connectivity index (χ4v) is 6.25. The highest BCUT2D eigenvalue weighted by Crippen LogP contribution is 2.54. The fourth-order valence-electron chi connectivity index (χ4n) is 6.25. The van der Waals surface area contributed by atoms with Crippen molar-refractivity contribution in [2.45, 2.75) is 57.0 Å². The summed E-state index contributed by atoms with van der Waals surface area (Å²) in [6, 6.07) is 8.15. The minimum Gasteiger partial charge on any atom is -0.465 e. The molecule has 8 heteroatoms. The van der Waals surface area contributed by atoms with Crippen LogP contribution in [-0.4, -0.2) is 76.2 Å². The first-order valence-electron chi connectivity index (χ1n) is 12.8. The van der Waals surface area contributed by atoms with Crippen LogP contribution in [0.2, 0.25) is 0 Å². The second-order valence-corrected chi connectivity index (χ2v) is 10.5. The van der Waals surface area contributed by atoms with Crippen LogP contribution in [-0.2, 0) is 30.4 Å². The number of hydrogen-bond acceptors (Lipinski definition) is 6. The number of rotatable bonds is 6. The van der Waals surface area contributed by atoms with E-state index in [1.165, 1.54) is 4.90 Å². The second-order valence-electron chi connectivity index (χ2n) is 10.5. The molecule has 36 heavy (non-hydrogen) atoms. The zero-order chi connectivity index (χ0) is 25.4. The van der Waals surface area contributed by atoms with Crippen LogP contribution in [0.1, 0.15) is 32.3 Å². The van der Waals surface area contributed by atoms with Crippen molar-refractivity contribution < 1.29 is 29.0 Å². The SMILES string of the molecule is CC(C)C[C@H](CO)N1C(=O)[C@@H]2[C@H]3C(=O)OCCC=C[C@H]3O[C@@]23C=CCN(Cc2ccccc2)C(=O)C13. The van der Waals surface area contributed by atoms with E-state index in [0.29, 0.717) is 25.9 Å². The van der Waals surface area contributed by atoms with E-state index in [-0.39, 0.29) is 30.9 Å². The monoisotopic (exact) mass is 494 g/mol. The Balaban J connectivity index is 1.60. The van der Waals surface area contributed by atoms with Crippen LogP contribution >= 0.6 is 0 Å². The maximum atomic E-state index is 14.3. The number of amides is 2. The average molecular weight is 495 g/mol. The van der Waals surface area contributed by atoms with E-state index in [2.05, 4.69) is 0 Å². The first-order valence-corrected chi connectivity index (χ1v) is 12.8. The highest BCUT2D eigenvalue weighted by molar-refractivity contribution is 5.99. The molecule has 0 radical (unpaired) electrons. The van der Waals surface area contributed by atoms with Crippen LogP contribution < -0.4 is 0 Å². The molecule has 5 rings (SSSR count). The Kier molecular flexibility index (Phi) is 6.74. The number of cyclic esters (lactones) is 1. The van der Waals surface area contributed by atoms with Gasteiger partial charge in [0.05, 0.1) is 31.3 Å². The molecule has 1 aromatic rings. The molecule has 1 spiro atoms. The molecule has 2 fully saturated rings. The second kappa shape index (κ2) is 9.82. The van der Waals surface area contributed by atoms with Crippen molar-refractivity contribution >= 4 is 17.8 Å². The van der Waals surface area contributed by atoms with E-state index >= 15 is 0 Å². The molecule has 4 aliphatic rings. The number of carbonyl (C=O) groups is 3. The van der Waals surface area contributed by atoms with Crippen molar-refractivity contribution in [2.75, 3.05) is 19.8 Å². The number of likely N-dealkylation sites (tertiary alicyclic amines) is 1. The minimum absolute atomic E-state index is 0.186. The van der Waals surface area contributed by atoms with Crippen molar-refractivity contribution in [2.24, 2.45) is 17.8 Å². The van der Waals surface area contributed by atoms with Crippen molar-refractivity contribution in [3.63, 3.8) is 0 Å². The molecule has 0 saturated carbocycles. The Morgan fingerprint density at radius 3 is 2.61 bits per heavy atom. The number of nitrogens with zero attached hydrogens (tertiary/aromatic N) is 2. The van der Waals surface area contributed by atoms with Gasteiger partial charge >= 0.3 is 5.97 Å². The molecule has 2 saturated heterocycles. The first-order chi connectivity index (χ1) is 17.4. The van der Waals surface area contributed by atoms with Gasteiger partial charge in [-0.25, -0.2) is 0 Å². The summed E-state index contributed by atoms with van der Waals surface area (Å²) < 4.78 is 12.0. The Morgan fingerprint density at radius 1 is 1.11 bits per heavy atom. The summed E-state index contributed by atoms with van der Waals surface area (Å²) in [5.74, 6) is -2.62. The molecule has 2 amide bonds. The molecule has 192 valence electrons. The smallest absolute Gasteiger partial charge is 0.312 e. The van der Waals surface area contributed by atoms with Crippen LogP contribution in [0.15, 0.2) is 54.6 Å². The maximum Gasteiger partial charge on any atom is 0.312 e. The standard InChI is InChI=1S/C28H34N2O6/c1-18(2)15-20(17-31)30-24-26(33)29(16-19-9-4-3-5-10-19)13-8-12-28(24)23(25(30)32)22-21(36-28)11-6-7-14-35-27(22)34/h3-6,8-12,18,20-24,31H,7,13-17H2,1-2H3/t20-,21-,22+,23+,24?,28+/m1/s1. The third-order valence-corrected chi connectivity index (χ3v) is 7.71. The topological polar surface area (TPSA) is 96.4 Å². The number of aliphatic hydroxyl groups excluding tert-OH is 1. The van der Waals surface area contributed by atoms with Gasteiger partial charge in [0, 0.05) is 13.1 Å². The van der Waals surface area contributed by atoms with E-state index in [4.69, 9.17) is 9.47 Å². The third-order valence-electron chi connectivity index (χ3n) is 7.71. The van der Waals surface area contributed by atoms with Gasteiger partial charge < -0.3 is 24.4 Å². The average Bonchev–Trinajstić information content (AvgIpc) is 3.24. The number of esters is 1. The van der Waals surface area contributed by atoms with Gasteiger partial charge in [-0.15, -0.1) is 0 Å². The van der Waals surface area contributed by atoms with Crippen molar-refractivity contribution in [3.05, 3.63) is 60.2 Å². The summed E-state index contributed by atoms with van der Waals surface area (Å²) in [4.78, 5) is 44.8. The van der Waals surface area contributed by atoms with Gasteiger partial charge in [0.2, 0.25) is 11.8 Å². The Morgan fingerprint density at radius 2 is 1.89 bits per heavy atom. The normalized spacial score (nSPS) is 32.5. The number of fused-ring (bicyclic) bond motifs is 2. The van der Waals surface area contributed by atoms with Gasteiger partial charge in [-0.2, -0.15) is 0 Å². The molecule has 8 nitrogen and oxygen atoms in total. The highest BCUT2D eigenvalue weighted by Gasteiger charge is 2.72. The lowest BCUT2D eigenvalue weighted by Gasteiger charge is -2.39. The number of aliphatic hydroxyl groups is 1. The molecule has 0 aliphatic carbocycles. The van der Waals surface area contributed by atoms with Gasteiger partial charge in [-0.1, -0.05) is 68.5 Å². The predicted molar refractivity (Wildman–Crippen MR) is 131 cm³/mol. The van der Waals surface area contributed by atoms with Gasteiger partial charge in [-0.3, -0.25) is 14.4 Å². The summed E-state index contributed by atoms with van der Waals surface area (Å²) >= 11 is 0. The largest absolute Gasteiger partial charge is 0.465 e. The highest BCUT2D eigenvalue weighted by atomic mass is 16.6. The van der Waals surface area contributed by atoms with E-state index in [9.17, 15) is 19.5 Å². The zero-order valence-electron chi connectivity index (χ0n) is 20.8. The Labute approximate surface area is 211 Å². The molecule has 6 atom stereocenters. The number of benzene rings is 1. The van der Waals surface area contributed by atoms with E-state index in [0.717, 1.165) is 5.56 Å². The number of carbonyl (C=O) groups excluding carboxylic acids is 3. The molecule has 1 unspecified atom stereocenters. The number of ether oxygens (including phenoxy) is 2. The number of hydrogen-bond donors (Lipinski definition) is 1. The molecular weight excluding hydrogens is 460 g/mol. The summed E-state index contributed by atoms with van der Waals surface area (Å²) in [5.41, 5.74) is -0.337. The summed E-state index contributed by atoms with van der Waals surface area (Å²) in [5, 5.41) is 10.3. The molecular formula is C28H34N2O6. The Hall–Kier alpha value is -2.97. The van der Waals surface area contributed by atoms with Gasteiger partial charge in [0.15, 0.2) is 0 Å². The quantitative estimate of drug-likeness (QED) is 0.481. The third kappa shape index (κ3) is 4.06. The van der Waals surface area contributed by atoms with Crippen molar-refractivity contribution in [1.82, 2.24) is 9.80 Å². The van der Waals surface area contributed by atoms with Gasteiger partial charge in [0.1, 0.15) is 17.6 Å². The lowest BCUT2D eigenvalue weighted by molar-refractivity contribution is -0.156. The van der Waals surface area contributed by atoms with E-state index in [1.54, 1.807) is 4.90 Å². The molecule has 1 N–H and O–H groups in total. The van der Waals surface area contributed by atoms with Crippen LogP contribution in [0.25, 0.3) is 0 Å². The van der Waals surface area contributed by atoms with Crippen molar-refractivity contribution in [1.29, 1.82) is 0 Å². The summed E-state index contributed by atoms with van der Waals surface area (Å²) in [7, 11) is 0. The van der Waals surface area contributed by atoms with E-state index in [1.807, 2.05) is 68.5 Å². The molecule has 4 aliphatic heterocycles. The maximum absolute atomic E-state index is 14.3. The summed E-state index contributed by atoms with van der Waals surface area (Å²) in [6.45, 7) is 4.72. The Bertz CT molecular complexity index is 1070. The van der Waals surface area contributed by atoms with Gasteiger partial charge in [-0.05, 0) is 24.3 Å².